The molecule has 1 rings (SSSR count). The van der Waals surface area contributed by atoms with Crippen molar-refractivity contribution in [1.29, 1.82) is 0 Å². The third kappa shape index (κ3) is 29.4. The lowest BCUT2D eigenvalue weighted by Crippen LogP contribution is -2.38. The average molecular weight is 907 g/mol. The Morgan fingerprint density at radius 1 is 0.578 bits per heavy atom. The lowest BCUT2D eigenvalue weighted by atomic mass is 9.86. The minimum absolute atomic E-state index is 0.0211. The number of rotatable bonds is 42. The minimum atomic E-state index is -0.574. The van der Waals surface area contributed by atoms with E-state index in [1.165, 1.54) is 96.3 Å². The maximum absolute atomic E-state index is 13.5. The number of hydrogen-bond acceptors (Lipinski definition) is 10. The van der Waals surface area contributed by atoms with Crippen molar-refractivity contribution in [3.8, 4) is 0 Å². The topological polar surface area (TPSA) is 112 Å². The summed E-state index contributed by atoms with van der Waals surface area (Å²) in [5, 5.41) is 0. The molecule has 1 heterocycles. The number of ether oxygens (including phenoxy) is 4. The highest BCUT2D eigenvalue weighted by Crippen LogP contribution is 2.30. The number of esters is 4. The van der Waals surface area contributed by atoms with Crippen LogP contribution < -0.4 is 0 Å². The van der Waals surface area contributed by atoms with Crippen LogP contribution in [0, 0.1) is 10.8 Å². The predicted molar refractivity (Wildman–Crippen MR) is 263 cm³/mol. The smallest absolute Gasteiger partial charge is 0.323 e. The average Bonchev–Trinajstić information content (AvgIpc) is 3.66. The van der Waals surface area contributed by atoms with Crippen LogP contribution in [0.2, 0.25) is 0 Å². The van der Waals surface area contributed by atoms with Gasteiger partial charge in [0.2, 0.25) is 0 Å². The van der Waals surface area contributed by atoms with E-state index in [2.05, 4.69) is 25.7 Å². The second-order valence-corrected chi connectivity index (χ2v) is 20.9. The first-order valence-corrected chi connectivity index (χ1v) is 26.8. The second-order valence-electron chi connectivity index (χ2n) is 20.9. The SMILES string of the molecule is CCCCCCCCCCCOC(=O)C(C)(C)CCCCN1C[C@@H](OC(=O)CCN(C)C)CC1C(=O)OCCCCCCC(C)(C)C(=O)OC(CCCCCCC)CCCCCCC. The molecule has 0 N–H and O–H groups in total. The van der Waals surface area contributed by atoms with Gasteiger partial charge in [0.05, 0.1) is 30.5 Å². The Morgan fingerprint density at radius 3 is 1.56 bits per heavy atom. The normalized spacial score (nSPS) is 15.9. The predicted octanol–water partition coefficient (Wildman–Crippen LogP) is 13.3. The largest absolute Gasteiger partial charge is 0.465 e. The summed E-state index contributed by atoms with van der Waals surface area (Å²) in [5.74, 6) is -0.716. The molecule has 0 aromatic rings. The number of likely N-dealkylation sites (tertiary alicyclic amines) is 1. The van der Waals surface area contributed by atoms with Gasteiger partial charge in [-0.25, -0.2) is 0 Å². The molecular formula is C54H102N2O8. The van der Waals surface area contributed by atoms with Crippen molar-refractivity contribution in [3.63, 3.8) is 0 Å². The van der Waals surface area contributed by atoms with Gasteiger partial charge in [-0.15, -0.1) is 0 Å². The summed E-state index contributed by atoms with van der Waals surface area (Å²) >= 11 is 0. The number of carbonyl (C=O) groups excluding carboxylic acids is 4. The van der Waals surface area contributed by atoms with Crippen molar-refractivity contribution in [2.24, 2.45) is 10.8 Å². The zero-order chi connectivity index (χ0) is 47.5. The number of carbonyl (C=O) groups is 4. The highest BCUT2D eigenvalue weighted by Gasteiger charge is 2.39. The van der Waals surface area contributed by atoms with Gasteiger partial charge in [-0.1, -0.05) is 149 Å². The van der Waals surface area contributed by atoms with Crippen LogP contribution >= 0.6 is 0 Å². The molecule has 0 radical (unpaired) electrons. The van der Waals surface area contributed by atoms with Crippen LogP contribution in [-0.4, -0.2) is 98.9 Å². The monoisotopic (exact) mass is 907 g/mol. The molecule has 1 saturated heterocycles. The van der Waals surface area contributed by atoms with Crippen molar-refractivity contribution >= 4 is 23.9 Å². The number of hydrogen-bond donors (Lipinski definition) is 0. The maximum Gasteiger partial charge on any atom is 0.323 e. The molecule has 0 aromatic heterocycles. The van der Waals surface area contributed by atoms with Gasteiger partial charge in [0.1, 0.15) is 18.2 Å². The Morgan fingerprint density at radius 2 is 1.03 bits per heavy atom. The quantitative estimate of drug-likeness (QED) is 0.0333. The van der Waals surface area contributed by atoms with Gasteiger partial charge in [0.15, 0.2) is 0 Å². The van der Waals surface area contributed by atoms with Gasteiger partial charge in [0.25, 0.3) is 0 Å². The Hall–Kier alpha value is -2.20. The molecule has 0 amide bonds. The molecule has 1 fully saturated rings. The molecule has 0 aromatic carbocycles. The highest BCUT2D eigenvalue weighted by atomic mass is 16.6. The Labute approximate surface area is 394 Å². The summed E-state index contributed by atoms with van der Waals surface area (Å²) < 4.78 is 23.6. The van der Waals surface area contributed by atoms with Crippen LogP contribution in [0.25, 0.3) is 0 Å². The van der Waals surface area contributed by atoms with Crippen molar-refractivity contribution in [2.75, 3.05) is 46.9 Å². The van der Waals surface area contributed by atoms with Gasteiger partial charge >= 0.3 is 23.9 Å². The van der Waals surface area contributed by atoms with Crippen molar-refractivity contribution in [3.05, 3.63) is 0 Å². The van der Waals surface area contributed by atoms with Gasteiger partial charge in [0, 0.05) is 19.5 Å². The Bertz CT molecular complexity index is 1190. The molecule has 2 atom stereocenters. The third-order valence-electron chi connectivity index (χ3n) is 13.3. The van der Waals surface area contributed by atoms with E-state index >= 15 is 0 Å². The van der Waals surface area contributed by atoms with Crippen LogP contribution in [0.1, 0.15) is 248 Å². The Balaban J connectivity index is 2.56. The Kier molecular flexibility index (Phi) is 34.5. The van der Waals surface area contributed by atoms with E-state index in [1.54, 1.807) is 0 Å². The molecule has 0 bridgehead atoms. The third-order valence-corrected chi connectivity index (χ3v) is 13.3. The fourth-order valence-corrected chi connectivity index (χ4v) is 8.67. The maximum atomic E-state index is 13.5. The molecule has 10 heteroatoms. The molecule has 64 heavy (non-hydrogen) atoms. The van der Waals surface area contributed by atoms with Gasteiger partial charge in [-0.3, -0.25) is 24.1 Å². The number of nitrogens with zero attached hydrogens (tertiary/aromatic N) is 2. The summed E-state index contributed by atoms with van der Waals surface area (Å²) in [7, 11) is 3.85. The van der Waals surface area contributed by atoms with Crippen LogP contribution in [0.4, 0.5) is 0 Å². The second kappa shape index (κ2) is 36.9. The highest BCUT2D eigenvalue weighted by molar-refractivity contribution is 5.77. The van der Waals surface area contributed by atoms with E-state index in [0.717, 1.165) is 83.5 Å². The molecule has 376 valence electrons. The van der Waals surface area contributed by atoms with Crippen LogP contribution in [0.3, 0.4) is 0 Å². The first kappa shape index (κ1) is 59.8. The molecule has 10 nitrogen and oxygen atoms in total. The molecule has 1 unspecified atom stereocenters. The van der Waals surface area contributed by atoms with E-state index in [0.29, 0.717) is 52.1 Å². The summed E-state index contributed by atoms with van der Waals surface area (Å²) in [4.78, 5) is 56.6. The molecule has 0 aliphatic carbocycles. The fourth-order valence-electron chi connectivity index (χ4n) is 8.67. The molecular weight excluding hydrogens is 805 g/mol. The molecule has 1 aliphatic rings. The lowest BCUT2D eigenvalue weighted by molar-refractivity contribution is -0.161. The van der Waals surface area contributed by atoms with E-state index in [1.807, 2.05) is 46.7 Å². The number of unbranched alkanes of at least 4 members (excludes halogenated alkanes) is 20. The molecule has 1 aliphatic heterocycles. The van der Waals surface area contributed by atoms with Gasteiger partial charge < -0.3 is 23.8 Å². The zero-order valence-electron chi connectivity index (χ0n) is 43.3. The van der Waals surface area contributed by atoms with Crippen LogP contribution in [0.5, 0.6) is 0 Å². The summed E-state index contributed by atoms with van der Waals surface area (Å²) in [6.07, 6.45) is 32.2. The van der Waals surface area contributed by atoms with Crippen LogP contribution in [-0.2, 0) is 38.1 Å². The van der Waals surface area contributed by atoms with E-state index < -0.39 is 16.9 Å². The summed E-state index contributed by atoms with van der Waals surface area (Å²) in [6, 6.07) is -0.468. The minimum Gasteiger partial charge on any atom is -0.465 e. The van der Waals surface area contributed by atoms with E-state index in [4.69, 9.17) is 18.9 Å². The van der Waals surface area contributed by atoms with Gasteiger partial charge in [-0.05, 0) is 106 Å². The lowest BCUT2D eigenvalue weighted by Gasteiger charge is -2.27. The molecule has 0 saturated carbocycles. The van der Waals surface area contributed by atoms with Crippen molar-refractivity contribution in [1.82, 2.24) is 9.80 Å². The zero-order valence-corrected chi connectivity index (χ0v) is 43.3. The van der Waals surface area contributed by atoms with Crippen molar-refractivity contribution < 1.29 is 38.1 Å². The van der Waals surface area contributed by atoms with E-state index in [9.17, 15) is 19.2 Å². The van der Waals surface area contributed by atoms with Crippen molar-refractivity contribution in [2.45, 2.75) is 266 Å². The fraction of sp³-hybridized carbons (Fsp3) is 0.926. The molecule has 0 spiro atoms. The standard InChI is InChI=1S/C54H102N2O8/c1-10-13-16-19-20-21-22-26-34-43-62-51(59)53(4,5)39-31-32-40-56-45-47(63-49(57)37-41-55(8)9)44-48(56)50(58)61-42-33-27-25-30-38-54(6,7)52(60)64-46(35-28-23-17-14-11-2)36-29-24-18-15-12-3/h46-48H,10-45H2,1-9H3/t47-,48?/m0/s1. The van der Waals surface area contributed by atoms with Crippen LogP contribution in [0.15, 0.2) is 0 Å². The first-order chi connectivity index (χ1) is 30.7. The van der Waals surface area contributed by atoms with E-state index in [-0.39, 0.29) is 36.1 Å². The summed E-state index contributed by atoms with van der Waals surface area (Å²) in [6.45, 7) is 17.3. The first-order valence-electron chi connectivity index (χ1n) is 26.8. The summed E-state index contributed by atoms with van der Waals surface area (Å²) in [5.41, 5.74) is -1.10. The van der Waals surface area contributed by atoms with Gasteiger partial charge in [-0.2, -0.15) is 0 Å².